The number of para-hydroxylation sites is 2. The van der Waals surface area contributed by atoms with E-state index in [1.807, 2.05) is 6.20 Å². The second-order valence-electron chi connectivity index (χ2n) is 8.26. The minimum absolute atomic E-state index is 0.356. The molecule has 1 aromatic carbocycles. The average Bonchev–Trinajstić information content (AvgIpc) is 3.17. The lowest BCUT2D eigenvalue weighted by Crippen LogP contribution is -2.45. The van der Waals surface area contributed by atoms with E-state index in [0.29, 0.717) is 18.0 Å². The maximum Gasteiger partial charge on any atom is 0.108 e. The standard InChI is InChI=1S/C23H29N5/c1-2-8-19-18(7-1)27-22(28-19)15-21(16-10-13-24-14-11-16)26-20-9-3-5-17-6-4-12-25-23(17)20/h1-2,4,6-8,12,16,20-21,24,26H,3,5,9-11,13-15H2,(H,27,28). The second kappa shape index (κ2) is 8.02. The molecule has 3 aromatic rings. The zero-order valence-electron chi connectivity index (χ0n) is 16.3. The molecule has 0 bridgehead atoms. The Hall–Kier alpha value is -2.24. The molecule has 0 spiro atoms. The van der Waals surface area contributed by atoms with E-state index in [-0.39, 0.29) is 0 Å². The van der Waals surface area contributed by atoms with E-state index in [1.165, 1.54) is 36.9 Å². The largest absolute Gasteiger partial charge is 0.342 e. The molecule has 0 amide bonds. The van der Waals surface area contributed by atoms with Crippen LogP contribution < -0.4 is 10.6 Å². The highest BCUT2D eigenvalue weighted by atomic mass is 15.0. The Labute approximate surface area is 166 Å². The molecule has 1 fully saturated rings. The van der Waals surface area contributed by atoms with Crippen molar-refractivity contribution in [2.45, 2.75) is 50.6 Å². The number of pyridine rings is 1. The Morgan fingerprint density at radius 2 is 1.96 bits per heavy atom. The Morgan fingerprint density at radius 3 is 2.86 bits per heavy atom. The predicted molar refractivity (Wildman–Crippen MR) is 112 cm³/mol. The molecule has 3 N–H and O–H groups in total. The van der Waals surface area contributed by atoms with E-state index in [0.717, 1.165) is 42.8 Å². The van der Waals surface area contributed by atoms with Gasteiger partial charge in [0.05, 0.1) is 16.7 Å². The van der Waals surface area contributed by atoms with E-state index in [9.17, 15) is 0 Å². The first-order chi connectivity index (χ1) is 13.9. The summed E-state index contributed by atoms with van der Waals surface area (Å²) < 4.78 is 0. The van der Waals surface area contributed by atoms with Gasteiger partial charge in [-0.1, -0.05) is 18.2 Å². The third kappa shape index (κ3) is 3.69. The van der Waals surface area contributed by atoms with Gasteiger partial charge < -0.3 is 15.6 Å². The first-order valence-electron chi connectivity index (χ1n) is 10.7. The number of rotatable bonds is 5. The number of aryl methyl sites for hydroxylation is 1. The molecule has 28 heavy (non-hydrogen) atoms. The molecule has 2 unspecified atom stereocenters. The summed E-state index contributed by atoms with van der Waals surface area (Å²) in [5, 5.41) is 7.54. The fourth-order valence-electron chi connectivity index (χ4n) is 4.95. The van der Waals surface area contributed by atoms with Gasteiger partial charge in [-0.2, -0.15) is 0 Å². The molecular weight excluding hydrogens is 346 g/mol. The van der Waals surface area contributed by atoms with Crippen molar-refractivity contribution >= 4 is 11.0 Å². The monoisotopic (exact) mass is 375 g/mol. The van der Waals surface area contributed by atoms with Crippen molar-refractivity contribution in [3.63, 3.8) is 0 Å². The van der Waals surface area contributed by atoms with Gasteiger partial charge in [0.2, 0.25) is 0 Å². The number of aromatic amines is 1. The Balaban J connectivity index is 1.40. The molecule has 2 aliphatic rings. The SMILES string of the molecule is c1cnc2c(c1)CCCC2NC(Cc1nc2ccccc2[nH]1)C1CCNCC1. The van der Waals surface area contributed by atoms with Crippen LogP contribution in [0.4, 0.5) is 0 Å². The van der Waals surface area contributed by atoms with Gasteiger partial charge in [-0.15, -0.1) is 0 Å². The van der Waals surface area contributed by atoms with E-state index >= 15 is 0 Å². The quantitative estimate of drug-likeness (QED) is 0.638. The Morgan fingerprint density at radius 1 is 1.07 bits per heavy atom. The first kappa shape index (κ1) is 17.8. The molecule has 2 atom stereocenters. The van der Waals surface area contributed by atoms with Crippen molar-refractivity contribution in [3.05, 3.63) is 59.7 Å². The fraction of sp³-hybridized carbons (Fsp3) is 0.478. The number of H-pyrrole nitrogens is 1. The molecule has 0 saturated carbocycles. The van der Waals surface area contributed by atoms with Gasteiger partial charge in [-0.05, 0) is 74.9 Å². The number of aromatic nitrogens is 3. The summed E-state index contributed by atoms with van der Waals surface area (Å²) in [4.78, 5) is 13.1. The maximum absolute atomic E-state index is 4.86. The van der Waals surface area contributed by atoms with Crippen LogP contribution >= 0.6 is 0 Å². The molecule has 3 heterocycles. The van der Waals surface area contributed by atoms with E-state index < -0.39 is 0 Å². The number of imidazole rings is 1. The zero-order valence-corrected chi connectivity index (χ0v) is 16.3. The van der Waals surface area contributed by atoms with Crippen molar-refractivity contribution < 1.29 is 0 Å². The van der Waals surface area contributed by atoms with Crippen LogP contribution in [0.2, 0.25) is 0 Å². The van der Waals surface area contributed by atoms with Crippen molar-refractivity contribution in [1.29, 1.82) is 0 Å². The van der Waals surface area contributed by atoms with Gasteiger partial charge >= 0.3 is 0 Å². The number of hydrogen-bond acceptors (Lipinski definition) is 4. The summed E-state index contributed by atoms with van der Waals surface area (Å²) in [6, 6.07) is 13.4. The van der Waals surface area contributed by atoms with Gasteiger partial charge in [0.15, 0.2) is 0 Å². The molecule has 2 aromatic heterocycles. The van der Waals surface area contributed by atoms with Crippen molar-refractivity contribution in [2.75, 3.05) is 13.1 Å². The van der Waals surface area contributed by atoms with Crippen molar-refractivity contribution in [1.82, 2.24) is 25.6 Å². The van der Waals surface area contributed by atoms with E-state index in [2.05, 4.69) is 52.0 Å². The highest BCUT2D eigenvalue weighted by Gasteiger charge is 2.30. The molecule has 1 saturated heterocycles. The van der Waals surface area contributed by atoms with Crippen LogP contribution in [0.3, 0.4) is 0 Å². The van der Waals surface area contributed by atoms with E-state index in [4.69, 9.17) is 9.97 Å². The van der Waals surface area contributed by atoms with Crippen LogP contribution in [0.25, 0.3) is 11.0 Å². The van der Waals surface area contributed by atoms with Crippen LogP contribution in [0.5, 0.6) is 0 Å². The molecule has 5 nitrogen and oxygen atoms in total. The topological polar surface area (TPSA) is 65.6 Å². The normalized spacial score (nSPS) is 21.5. The second-order valence-corrected chi connectivity index (χ2v) is 8.26. The van der Waals surface area contributed by atoms with Crippen LogP contribution in [0.15, 0.2) is 42.6 Å². The lowest BCUT2D eigenvalue weighted by Gasteiger charge is -2.35. The highest BCUT2D eigenvalue weighted by Crippen LogP contribution is 2.30. The summed E-state index contributed by atoms with van der Waals surface area (Å²) >= 11 is 0. The number of fused-ring (bicyclic) bond motifs is 2. The molecule has 5 heteroatoms. The minimum Gasteiger partial charge on any atom is -0.342 e. The molecule has 5 rings (SSSR count). The van der Waals surface area contributed by atoms with Crippen LogP contribution in [-0.2, 0) is 12.8 Å². The van der Waals surface area contributed by atoms with Crippen molar-refractivity contribution in [2.24, 2.45) is 5.92 Å². The lowest BCUT2D eigenvalue weighted by molar-refractivity contribution is 0.247. The molecular formula is C23H29N5. The summed E-state index contributed by atoms with van der Waals surface area (Å²) in [6.45, 7) is 2.23. The van der Waals surface area contributed by atoms with Gasteiger partial charge in [-0.3, -0.25) is 4.98 Å². The molecule has 0 radical (unpaired) electrons. The van der Waals surface area contributed by atoms with Crippen LogP contribution in [0.1, 0.15) is 48.8 Å². The van der Waals surface area contributed by atoms with Crippen LogP contribution in [-0.4, -0.2) is 34.1 Å². The molecule has 1 aliphatic carbocycles. The molecule has 146 valence electrons. The summed E-state index contributed by atoms with van der Waals surface area (Å²) in [7, 11) is 0. The fourth-order valence-corrected chi connectivity index (χ4v) is 4.95. The highest BCUT2D eigenvalue weighted by molar-refractivity contribution is 5.74. The maximum atomic E-state index is 4.86. The Kier molecular flexibility index (Phi) is 5.10. The van der Waals surface area contributed by atoms with Crippen LogP contribution in [0, 0.1) is 5.92 Å². The van der Waals surface area contributed by atoms with Gasteiger partial charge in [0.25, 0.3) is 0 Å². The van der Waals surface area contributed by atoms with Gasteiger partial charge in [-0.25, -0.2) is 4.98 Å². The van der Waals surface area contributed by atoms with E-state index in [1.54, 1.807) is 0 Å². The summed E-state index contributed by atoms with van der Waals surface area (Å²) in [5.41, 5.74) is 4.87. The third-order valence-corrected chi connectivity index (χ3v) is 6.41. The number of nitrogens with one attached hydrogen (secondary N) is 3. The summed E-state index contributed by atoms with van der Waals surface area (Å²) in [6.07, 6.45) is 8.89. The lowest BCUT2D eigenvalue weighted by atomic mass is 9.85. The minimum atomic E-state index is 0.356. The zero-order chi connectivity index (χ0) is 18.8. The smallest absolute Gasteiger partial charge is 0.108 e. The predicted octanol–water partition coefficient (Wildman–Crippen LogP) is 3.54. The summed E-state index contributed by atoms with van der Waals surface area (Å²) in [5.74, 6) is 1.76. The number of hydrogen-bond donors (Lipinski definition) is 3. The number of nitrogens with zero attached hydrogens (tertiary/aromatic N) is 2. The number of benzene rings is 1. The van der Waals surface area contributed by atoms with Gasteiger partial charge in [0.1, 0.15) is 5.82 Å². The Bertz CT molecular complexity index is 894. The first-order valence-corrected chi connectivity index (χ1v) is 10.7. The third-order valence-electron chi connectivity index (χ3n) is 6.41. The average molecular weight is 376 g/mol. The number of piperidine rings is 1. The van der Waals surface area contributed by atoms with Crippen molar-refractivity contribution in [3.8, 4) is 0 Å². The van der Waals surface area contributed by atoms with Gasteiger partial charge in [0, 0.05) is 24.7 Å². The molecule has 1 aliphatic heterocycles.